The molecule has 0 fully saturated rings. The van der Waals surface area contributed by atoms with Gasteiger partial charge in [-0.25, -0.2) is 0 Å². The van der Waals surface area contributed by atoms with E-state index < -0.39 is 0 Å². The summed E-state index contributed by atoms with van der Waals surface area (Å²) in [7, 11) is 0. The number of furan rings is 1. The minimum Gasteiger partial charge on any atom is -0.453 e. The summed E-state index contributed by atoms with van der Waals surface area (Å²) in [6, 6.07) is 4.40. The van der Waals surface area contributed by atoms with Gasteiger partial charge in [0.2, 0.25) is 0 Å². The van der Waals surface area contributed by atoms with Crippen LogP contribution in [0.5, 0.6) is 0 Å². The molecular weight excluding hydrogens is 278 g/mol. The molecule has 98 valence electrons. The molecule has 1 atom stereocenters. The number of rotatable bonds is 9. The van der Waals surface area contributed by atoms with Gasteiger partial charge in [-0.15, -0.1) is 0 Å². The number of nitrogens with one attached hydrogen (secondary N) is 1. The number of hydrogen-bond donors (Lipinski definition) is 1. The van der Waals surface area contributed by atoms with Crippen LogP contribution in [-0.2, 0) is 0 Å². The lowest BCUT2D eigenvalue weighted by atomic mass is 10.0. The van der Waals surface area contributed by atoms with Crippen LogP contribution in [0.15, 0.2) is 21.2 Å². The normalized spacial score (nSPS) is 12.9. The Morgan fingerprint density at radius 1 is 1.18 bits per heavy atom. The molecule has 1 aromatic rings. The third-order valence-corrected chi connectivity index (χ3v) is 3.41. The Morgan fingerprint density at radius 3 is 2.53 bits per heavy atom. The first-order valence-electron chi connectivity index (χ1n) is 6.76. The topological polar surface area (TPSA) is 25.2 Å². The van der Waals surface area contributed by atoms with Gasteiger partial charge in [0.25, 0.3) is 0 Å². The Labute approximate surface area is 113 Å². The van der Waals surface area contributed by atoms with E-state index in [1.165, 1.54) is 32.1 Å². The van der Waals surface area contributed by atoms with Gasteiger partial charge >= 0.3 is 0 Å². The lowest BCUT2D eigenvalue weighted by molar-refractivity contribution is 0.381. The maximum atomic E-state index is 5.63. The minimum absolute atomic E-state index is 0.368. The molecule has 0 spiro atoms. The molecular formula is C14H24BrNO. The summed E-state index contributed by atoms with van der Waals surface area (Å²) in [6.45, 7) is 5.38. The first-order valence-corrected chi connectivity index (χ1v) is 7.55. The van der Waals surface area contributed by atoms with Gasteiger partial charge < -0.3 is 9.73 Å². The van der Waals surface area contributed by atoms with Gasteiger partial charge in [-0.2, -0.15) is 0 Å². The number of unbranched alkanes of at least 4 members (excludes halogenated alkanes) is 4. The zero-order valence-electron chi connectivity index (χ0n) is 11.0. The average Bonchev–Trinajstić information content (AvgIpc) is 2.74. The first-order chi connectivity index (χ1) is 8.27. The molecule has 3 heteroatoms. The third kappa shape index (κ3) is 5.73. The van der Waals surface area contributed by atoms with Gasteiger partial charge in [-0.05, 0) is 41.0 Å². The van der Waals surface area contributed by atoms with Gasteiger partial charge in [0.1, 0.15) is 5.76 Å². The van der Waals surface area contributed by atoms with E-state index in [4.69, 9.17) is 4.42 Å². The summed E-state index contributed by atoms with van der Waals surface area (Å²) in [5.74, 6) is 1.05. The van der Waals surface area contributed by atoms with Crippen molar-refractivity contribution >= 4 is 15.9 Å². The highest BCUT2D eigenvalue weighted by atomic mass is 79.9. The fraction of sp³-hybridized carbons (Fsp3) is 0.714. The van der Waals surface area contributed by atoms with Crippen molar-refractivity contribution < 1.29 is 4.42 Å². The molecule has 1 aromatic heterocycles. The van der Waals surface area contributed by atoms with Crippen LogP contribution in [0.3, 0.4) is 0 Å². The summed E-state index contributed by atoms with van der Waals surface area (Å²) in [5.41, 5.74) is 0. The molecule has 0 saturated heterocycles. The fourth-order valence-electron chi connectivity index (χ4n) is 2.06. The zero-order valence-corrected chi connectivity index (χ0v) is 12.6. The molecule has 1 heterocycles. The summed E-state index contributed by atoms with van der Waals surface area (Å²) >= 11 is 3.36. The van der Waals surface area contributed by atoms with Gasteiger partial charge in [0, 0.05) is 0 Å². The molecule has 17 heavy (non-hydrogen) atoms. The predicted octanol–water partition coefficient (Wildman–Crippen LogP) is 5.05. The molecule has 1 N–H and O–H groups in total. The van der Waals surface area contributed by atoms with Gasteiger partial charge in [-0.1, -0.05) is 46.0 Å². The average molecular weight is 302 g/mol. The van der Waals surface area contributed by atoms with Crippen LogP contribution in [0, 0.1) is 0 Å². The Balaban J connectivity index is 2.33. The second kappa shape index (κ2) is 8.76. The van der Waals surface area contributed by atoms with E-state index in [0.717, 1.165) is 23.4 Å². The minimum atomic E-state index is 0.368. The Morgan fingerprint density at radius 2 is 1.94 bits per heavy atom. The van der Waals surface area contributed by atoms with E-state index in [1.807, 2.05) is 6.07 Å². The highest BCUT2D eigenvalue weighted by Gasteiger charge is 2.13. The second-order valence-corrected chi connectivity index (χ2v) is 5.24. The van der Waals surface area contributed by atoms with Crippen molar-refractivity contribution in [2.75, 3.05) is 6.54 Å². The predicted molar refractivity (Wildman–Crippen MR) is 76.2 cm³/mol. The first kappa shape index (κ1) is 14.8. The molecule has 0 bridgehead atoms. The van der Waals surface area contributed by atoms with Crippen LogP contribution in [0.2, 0.25) is 0 Å². The number of halogens is 1. The smallest absolute Gasteiger partial charge is 0.169 e. The van der Waals surface area contributed by atoms with Gasteiger partial charge in [-0.3, -0.25) is 0 Å². The molecule has 1 unspecified atom stereocenters. The van der Waals surface area contributed by atoms with E-state index in [-0.39, 0.29) is 0 Å². The van der Waals surface area contributed by atoms with E-state index in [0.29, 0.717) is 6.04 Å². The van der Waals surface area contributed by atoms with Crippen LogP contribution < -0.4 is 5.32 Å². The van der Waals surface area contributed by atoms with E-state index in [9.17, 15) is 0 Å². The van der Waals surface area contributed by atoms with Crippen LogP contribution >= 0.6 is 15.9 Å². The van der Waals surface area contributed by atoms with Crippen LogP contribution in [0.25, 0.3) is 0 Å². The van der Waals surface area contributed by atoms with Crippen LogP contribution in [0.4, 0.5) is 0 Å². The molecule has 0 aliphatic rings. The number of hydrogen-bond acceptors (Lipinski definition) is 2. The summed E-state index contributed by atoms with van der Waals surface area (Å²) in [6.07, 6.45) is 7.79. The molecule has 2 nitrogen and oxygen atoms in total. The third-order valence-electron chi connectivity index (χ3n) is 2.98. The molecule has 0 amide bonds. The van der Waals surface area contributed by atoms with Crippen molar-refractivity contribution in [3.05, 3.63) is 22.6 Å². The Bertz CT molecular complexity index is 298. The van der Waals surface area contributed by atoms with Crippen molar-refractivity contribution in [3.8, 4) is 0 Å². The SMILES string of the molecule is CCCCCCCC(NCC)c1ccc(Br)o1. The highest BCUT2D eigenvalue weighted by molar-refractivity contribution is 9.10. The molecule has 0 aromatic carbocycles. The lowest BCUT2D eigenvalue weighted by Crippen LogP contribution is -2.20. The molecule has 0 radical (unpaired) electrons. The summed E-state index contributed by atoms with van der Waals surface area (Å²) in [5, 5.41) is 3.49. The van der Waals surface area contributed by atoms with E-state index >= 15 is 0 Å². The fourth-order valence-corrected chi connectivity index (χ4v) is 2.38. The van der Waals surface area contributed by atoms with Gasteiger partial charge in [0.15, 0.2) is 4.67 Å². The lowest BCUT2D eigenvalue weighted by Gasteiger charge is -2.15. The van der Waals surface area contributed by atoms with E-state index in [2.05, 4.69) is 41.2 Å². The maximum Gasteiger partial charge on any atom is 0.169 e. The second-order valence-electron chi connectivity index (χ2n) is 4.46. The Kier molecular flexibility index (Phi) is 7.62. The zero-order chi connectivity index (χ0) is 12.5. The van der Waals surface area contributed by atoms with Crippen molar-refractivity contribution in [1.82, 2.24) is 5.32 Å². The van der Waals surface area contributed by atoms with Crippen molar-refractivity contribution in [3.63, 3.8) is 0 Å². The van der Waals surface area contributed by atoms with Crippen molar-refractivity contribution in [2.24, 2.45) is 0 Å². The standard InChI is InChI=1S/C14H24BrNO/c1-3-5-6-7-8-9-12(16-4-2)13-10-11-14(15)17-13/h10-12,16H,3-9H2,1-2H3. The van der Waals surface area contributed by atoms with Gasteiger partial charge in [0.05, 0.1) is 6.04 Å². The van der Waals surface area contributed by atoms with Crippen molar-refractivity contribution in [2.45, 2.75) is 58.4 Å². The van der Waals surface area contributed by atoms with Crippen LogP contribution in [-0.4, -0.2) is 6.54 Å². The largest absolute Gasteiger partial charge is 0.453 e. The molecule has 0 saturated carbocycles. The summed E-state index contributed by atoms with van der Waals surface area (Å²) < 4.78 is 6.45. The quantitative estimate of drug-likeness (QED) is 0.645. The maximum absolute atomic E-state index is 5.63. The van der Waals surface area contributed by atoms with Crippen LogP contribution in [0.1, 0.15) is 64.2 Å². The van der Waals surface area contributed by atoms with Crippen molar-refractivity contribution in [1.29, 1.82) is 0 Å². The Hall–Kier alpha value is -0.280. The molecule has 0 aliphatic heterocycles. The van der Waals surface area contributed by atoms with E-state index in [1.54, 1.807) is 0 Å². The summed E-state index contributed by atoms with van der Waals surface area (Å²) in [4.78, 5) is 0. The highest BCUT2D eigenvalue weighted by Crippen LogP contribution is 2.24. The monoisotopic (exact) mass is 301 g/mol. The molecule has 1 rings (SSSR count). The molecule has 0 aliphatic carbocycles.